The van der Waals surface area contributed by atoms with Crippen molar-refractivity contribution >= 4 is 6.03 Å². The number of urea groups is 1. The second kappa shape index (κ2) is 9.09. The molecule has 7 nitrogen and oxygen atoms in total. The van der Waals surface area contributed by atoms with Crippen molar-refractivity contribution in [1.82, 2.24) is 20.4 Å². The highest BCUT2D eigenvalue weighted by Gasteiger charge is 2.34. The zero-order valence-corrected chi connectivity index (χ0v) is 15.8. The Kier molecular flexibility index (Phi) is 6.56. The van der Waals surface area contributed by atoms with Gasteiger partial charge in [0, 0.05) is 6.54 Å². The Morgan fingerprint density at radius 1 is 1.32 bits per heavy atom. The maximum absolute atomic E-state index is 13.5. The molecule has 1 unspecified atom stereocenters. The van der Waals surface area contributed by atoms with E-state index in [9.17, 15) is 13.6 Å². The third-order valence-electron chi connectivity index (χ3n) is 4.57. The first-order valence-corrected chi connectivity index (χ1v) is 9.25. The number of alkyl halides is 2. The van der Waals surface area contributed by atoms with Gasteiger partial charge in [-0.1, -0.05) is 35.5 Å². The van der Waals surface area contributed by atoms with Crippen LogP contribution in [0.2, 0.25) is 0 Å². The molecule has 1 fully saturated rings. The van der Waals surface area contributed by atoms with E-state index >= 15 is 0 Å². The maximum atomic E-state index is 13.5. The SMILES string of the molecule is Cc1noc([C@H]2CN(C(=O)NC(CCc3ccccc3)C(F)F)C[C@@H](C)O2)n1. The molecule has 1 aliphatic rings. The summed E-state index contributed by atoms with van der Waals surface area (Å²) in [4.78, 5) is 18.2. The number of halogens is 2. The first-order chi connectivity index (χ1) is 13.4. The fourth-order valence-electron chi connectivity index (χ4n) is 3.18. The highest BCUT2D eigenvalue weighted by Crippen LogP contribution is 2.24. The summed E-state index contributed by atoms with van der Waals surface area (Å²) >= 11 is 0. The summed E-state index contributed by atoms with van der Waals surface area (Å²) in [6.45, 7) is 3.94. The molecule has 1 aromatic heterocycles. The minimum absolute atomic E-state index is 0.152. The molecule has 152 valence electrons. The Morgan fingerprint density at radius 2 is 2.07 bits per heavy atom. The summed E-state index contributed by atoms with van der Waals surface area (Å²) in [5.74, 6) is 0.739. The molecule has 28 heavy (non-hydrogen) atoms. The summed E-state index contributed by atoms with van der Waals surface area (Å²) in [5, 5.41) is 6.20. The lowest BCUT2D eigenvalue weighted by molar-refractivity contribution is -0.0788. The van der Waals surface area contributed by atoms with Gasteiger partial charge in [0.1, 0.15) is 0 Å². The molecule has 3 atom stereocenters. The molecule has 1 N–H and O–H groups in total. The number of rotatable bonds is 6. The summed E-state index contributed by atoms with van der Waals surface area (Å²) in [6, 6.07) is 7.58. The van der Waals surface area contributed by atoms with Gasteiger partial charge in [-0.3, -0.25) is 0 Å². The van der Waals surface area contributed by atoms with Crippen molar-refractivity contribution in [2.24, 2.45) is 0 Å². The van der Waals surface area contributed by atoms with Gasteiger partial charge < -0.3 is 19.5 Å². The number of carbonyl (C=O) groups excluding carboxylic acids is 1. The number of nitrogens with zero attached hydrogens (tertiary/aromatic N) is 3. The van der Waals surface area contributed by atoms with Crippen LogP contribution in [0.5, 0.6) is 0 Å². The van der Waals surface area contributed by atoms with Crippen molar-refractivity contribution in [1.29, 1.82) is 0 Å². The molecule has 1 aliphatic heterocycles. The molecule has 0 saturated carbocycles. The van der Waals surface area contributed by atoms with Gasteiger partial charge in [0.05, 0.1) is 18.7 Å². The minimum atomic E-state index is -2.65. The molecule has 1 saturated heterocycles. The van der Waals surface area contributed by atoms with E-state index in [1.54, 1.807) is 13.8 Å². The number of ether oxygens (including phenoxy) is 1. The van der Waals surface area contributed by atoms with E-state index in [1.165, 1.54) is 4.90 Å². The maximum Gasteiger partial charge on any atom is 0.318 e. The van der Waals surface area contributed by atoms with Crippen LogP contribution in [0.1, 0.15) is 36.7 Å². The Morgan fingerprint density at radius 3 is 2.71 bits per heavy atom. The van der Waals surface area contributed by atoms with Crippen LogP contribution in [0.4, 0.5) is 13.6 Å². The lowest BCUT2D eigenvalue weighted by atomic mass is 10.1. The van der Waals surface area contributed by atoms with Crippen LogP contribution in [0.15, 0.2) is 34.9 Å². The highest BCUT2D eigenvalue weighted by molar-refractivity contribution is 5.74. The smallest absolute Gasteiger partial charge is 0.318 e. The van der Waals surface area contributed by atoms with E-state index in [-0.39, 0.29) is 25.0 Å². The monoisotopic (exact) mass is 394 g/mol. The Hall–Kier alpha value is -2.55. The number of aryl methyl sites for hydroxylation is 2. The van der Waals surface area contributed by atoms with Gasteiger partial charge in [-0.05, 0) is 32.3 Å². The van der Waals surface area contributed by atoms with Crippen molar-refractivity contribution in [3.8, 4) is 0 Å². The van der Waals surface area contributed by atoms with Crippen molar-refractivity contribution in [3.63, 3.8) is 0 Å². The second-order valence-electron chi connectivity index (χ2n) is 6.93. The Labute approximate surface area is 162 Å². The van der Waals surface area contributed by atoms with Gasteiger partial charge in [-0.25, -0.2) is 13.6 Å². The number of aromatic nitrogens is 2. The molecule has 9 heteroatoms. The van der Waals surface area contributed by atoms with Crippen LogP contribution in [-0.2, 0) is 11.2 Å². The van der Waals surface area contributed by atoms with Crippen molar-refractivity contribution in [3.05, 3.63) is 47.6 Å². The predicted octanol–water partition coefficient (Wildman–Crippen LogP) is 3.12. The first-order valence-electron chi connectivity index (χ1n) is 9.25. The highest BCUT2D eigenvalue weighted by atomic mass is 19.3. The van der Waals surface area contributed by atoms with E-state index < -0.39 is 24.6 Å². The molecule has 0 bridgehead atoms. The average molecular weight is 394 g/mol. The van der Waals surface area contributed by atoms with E-state index in [0.29, 0.717) is 18.8 Å². The van der Waals surface area contributed by atoms with Gasteiger partial charge in [0.25, 0.3) is 12.3 Å². The normalized spacial score (nSPS) is 21.0. The molecular weight excluding hydrogens is 370 g/mol. The zero-order valence-electron chi connectivity index (χ0n) is 15.8. The number of hydrogen-bond donors (Lipinski definition) is 1. The van der Waals surface area contributed by atoms with Crippen LogP contribution in [-0.4, -0.2) is 52.7 Å². The predicted molar refractivity (Wildman–Crippen MR) is 97.0 cm³/mol. The van der Waals surface area contributed by atoms with Gasteiger partial charge >= 0.3 is 6.03 Å². The van der Waals surface area contributed by atoms with Crippen LogP contribution in [0, 0.1) is 6.92 Å². The zero-order chi connectivity index (χ0) is 20.1. The first kappa shape index (κ1) is 20.2. The standard InChI is InChI=1S/C19H24F2N4O3/c1-12-10-25(11-16(27-12)18-22-13(2)24-28-18)19(26)23-15(17(20)21)9-8-14-6-4-3-5-7-14/h3-7,12,15-17H,8-11H2,1-2H3,(H,23,26)/t12-,15?,16-/m1/s1. The molecule has 3 rings (SSSR count). The van der Waals surface area contributed by atoms with Crippen molar-refractivity contribution in [2.75, 3.05) is 13.1 Å². The molecule has 2 aromatic rings. The number of amides is 2. The number of morpholine rings is 1. The molecule has 2 heterocycles. The largest absolute Gasteiger partial charge is 0.362 e. The van der Waals surface area contributed by atoms with Crippen LogP contribution in [0.25, 0.3) is 0 Å². The van der Waals surface area contributed by atoms with Crippen LogP contribution < -0.4 is 5.32 Å². The van der Waals surface area contributed by atoms with Gasteiger partial charge in [0.15, 0.2) is 11.9 Å². The lowest BCUT2D eigenvalue weighted by Gasteiger charge is -2.36. The second-order valence-corrected chi connectivity index (χ2v) is 6.93. The third-order valence-corrected chi connectivity index (χ3v) is 4.57. The number of carbonyl (C=O) groups is 1. The van der Waals surface area contributed by atoms with E-state index in [4.69, 9.17) is 9.26 Å². The Bertz CT molecular complexity index is 772. The summed E-state index contributed by atoms with van der Waals surface area (Å²) in [6.07, 6.45) is -2.91. The summed E-state index contributed by atoms with van der Waals surface area (Å²) < 4.78 is 37.8. The van der Waals surface area contributed by atoms with E-state index in [1.807, 2.05) is 30.3 Å². The Balaban J connectivity index is 1.60. The number of benzene rings is 1. The molecule has 0 aliphatic carbocycles. The lowest BCUT2D eigenvalue weighted by Crippen LogP contribution is -2.53. The number of nitrogens with one attached hydrogen (secondary N) is 1. The molecule has 2 amide bonds. The van der Waals surface area contributed by atoms with Crippen molar-refractivity contribution < 1.29 is 22.8 Å². The minimum Gasteiger partial charge on any atom is -0.362 e. The fourth-order valence-corrected chi connectivity index (χ4v) is 3.18. The van der Waals surface area contributed by atoms with E-state index in [2.05, 4.69) is 15.5 Å². The van der Waals surface area contributed by atoms with Crippen LogP contribution in [0.3, 0.4) is 0 Å². The molecule has 1 aromatic carbocycles. The van der Waals surface area contributed by atoms with Gasteiger partial charge in [0.2, 0.25) is 0 Å². The quantitative estimate of drug-likeness (QED) is 0.814. The average Bonchev–Trinajstić information content (AvgIpc) is 3.11. The van der Waals surface area contributed by atoms with Crippen molar-refractivity contribution in [2.45, 2.75) is 51.4 Å². The molecule has 0 radical (unpaired) electrons. The van der Waals surface area contributed by atoms with Crippen LogP contribution >= 0.6 is 0 Å². The summed E-state index contributed by atoms with van der Waals surface area (Å²) in [7, 11) is 0. The van der Waals surface area contributed by atoms with E-state index in [0.717, 1.165) is 5.56 Å². The molecule has 0 spiro atoms. The summed E-state index contributed by atoms with van der Waals surface area (Å²) in [5.41, 5.74) is 0.953. The third kappa shape index (κ3) is 5.25. The van der Waals surface area contributed by atoms with Gasteiger partial charge in [-0.2, -0.15) is 4.98 Å². The molecular formula is C19H24F2N4O3. The topological polar surface area (TPSA) is 80.5 Å². The van der Waals surface area contributed by atoms with Gasteiger partial charge in [-0.15, -0.1) is 0 Å². The fraction of sp³-hybridized carbons (Fsp3) is 0.526. The number of hydrogen-bond acceptors (Lipinski definition) is 5.